The standard InChI is InChI=1S/C19H17Cl2NO4.C16H17F5N2O2S/c1-2-26-19(25)16(21)10-11-9-12(7-8-15(11)20)22-17(23)13-5-3-4-6-14(13)18(22)24;1-7(2)6-8-9(15(24)25-3)11(13(17)18)23-12(16(19,20)21)10(8)14-22-4-5-26-14/h7-10H,2-6H2,1H3;7,13H,4-6H2,1-3H3/b16-10-;. The maximum absolute atomic E-state index is 13.6. The quantitative estimate of drug-likeness (QED) is 0.107. The Morgan fingerprint density at radius 1 is 1.10 bits per heavy atom. The number of thioether (sulfide) groups is 1. The van der Waals surface area contributed by atoms with E-state index in [9.17, 15) is 41.1 Å². The first-order valence-corrected chi connectivity index (χ1v) is 17.9. The molecule has 2 aliphatic heterocycles. The van der Waals surface area contributed by atoms with Crippen LogP contribution in [0, 0.1) is 5.92 Å². The summed E-state index contributed by atoms with van der Waals surface area (Å²) in [7, 11) is 0.982. The Kier molecular flexibility index (Phi) is 13.7. The van der Waals surface area contributed by atoms with E-state index in [1.165, 1.54) is 11.0 Å². The number of pyridine rings is 1. The maximum Gasteiger partial charge on any atom is 0.434 e. The van der Waals surface area contributed by atoms with Gasteiger partial charge in [-0.15, -0.1) is 11.8 Å². The molecule has 0 saturated carbocycles. The van der Waals surface area contributed by atoms with Gasteiger partial charge in [0.15, 0.2) is 5.69 Å². The van der Waals surface area contributed by atoms with E-state index < -0.39 is 47.1 Å². The summed E-state index contributed by atoms with van der Waals surface area (Å²) >= 11 is 13.2. The highest BCUT2D eigenvalue weighted by Gasteiger charge is 2.43. The molecular weight excluding hydrogens is 756 g/mol. The molecule has 0 radical (unpaired) electrons. The maximum atomic E-state index is 13.6. The Bertz CT molecular complexity index is 1830. The number of aliphatic imine (C=N–C) groups is 1. The van der Waals surface area contributed by atoms with E-state index in [1.807, 2.05) is 0 Å². The second-order valence-electron chi connectivity index (χ2n) is 12.0. The molecule has 17 heteroatoms. The van der Waals surface area contributed by atoms with E-state index in [2.05, 4.69) is 14.7 Å². The average molecular weight is 791 g/mol. The van der Waals surface area contributed by atoms with Crippen molar-refractivity contribution in [2.24, 2.45) is 10.9 Å². The number of hydrogen-bond donors (Lipinski definition) is 0. The number of nitrogens with zero attached hydrogens (tertiary/aromatic N) is 3. The molecule has 1 aromatic heterocycles. The second kappa shape index (κ2) is 17.3. The smallest absolute Gasteiger partial charge is 0.434 e. The second-order valence-corrected chi connectivity index (χ2v) is 13.9. The van der Waals surface area contributed by atoms with Crippen LogP contribution in [0.5, 0.6) is 0 Å². The number of esters is 2. The number of imide groups is 1. The van der Waals surface area contributed by atoms with Crippen LogP contribution >= 0.6 is 35.0 Å². The number of aromatic nitrogens is 1. The zero-order valence-corrected chi connectivity index (χ0v) is 30.8. The SMILES string of the molecule is CCOC(=O)/C(Cl)=C/c1cc(N2C(=O)C3=C(CCCC3)C2=O)ccc1Cl.COC(=O)c1c(C(F)F)nc(C(F)(F)F)c(C2=NCCS2)c1CC(C)C. The summed E-state index contributed by atoms with van der Waals surface area (Å²) in [5, 5.41) is 0.266. The minimum atomic E-state index is -4.97. The van der Waals surface area contributed by atoms with Crippen LogP contribution in [0.3, 0.4) is 0 Å². The van der Waals surface area contributed by atoms with Crippen LogP contribution in [0.15, 0.2) is 39.4 Å². The van der Waals surface area contributed by atoms with Gasteiger partial charge in [0.05, 0.1) is 25.0 Å². The molecule has 3 heterocycles. The van der Waals surface area contributed by atoms with Crippen molar-refractivity contribution in [1.82, 2.24) is 4.98 Å². The normalized spacial score (nSPS) is 16.3. The van der Waals surface area contributed by atoms with Crippen LogP contribution in [-0.4, -0.2) is 59.8 Å². The molecule has 0 N–H and O–H groups in total. The van der Waals surface area contributed by atoms with Gasteiger partial charge in [0, 0.05) is 34.0 Å². The zero-order chi connectivity index (χ0) is 38.5. The van der Waals surface area contributed by atoms with E-state index in [1.54, 1.807) is 39.0 Å². The van der Waals surface area contributed by atoms with Crippen molar-refractivity contribution >= 4 is 75.5 Å². The minimum Gasteiger partial charge on any atom is -0.465 e. The summed E-state index contributed by atoms with van der Waals surface area (Å²) in [5.74, 6) is -2.09. The third-order valence-electron chi connectivity index (χ3n) is 7.99. The highest BCUT2D eigenvalue weighted by atomic mass is 35.5. The lowest BCUT2D eigenvalue weighted by Crippen LogP contribution is -2.31. The molecule has 0 fully saturated rings. The van der Waals surface area contributed by atoms with Crippen molar-refractivity contribution in [2.45, 2.75) is 65.5 Å². The lowest BCUT2D eigenvalue weighted by atomic mass is 9.91. The van der Waals surface area contributed by atoms with E-state index in [0.29, 0.717) is 52.6 Å². The lowest BCUT2D eigenvalue weighted by Gasteiger charge is -2.22. The molecule has 0 unspecified atom stereocenters. The number of alkyl halides is 5. The number of methoxy groups -OCH3 is 1. The molecule has 280 valence electrons. The van der Waals surface area contributed by atoms with Crippen molar-refractivity contribution in [3.8, 4) is 0 Å². The predicted molar refractivity (Wildman–Crippen MR) is 188 cm³/mol. The predicted octanol–water partition coefficient (Wildman–Crippen LogP) is 8.74. The van der Waals surface area contributed by atoms with Gasteiger partial charge in [0.25, 0.3) is 18.2 Å². The first kappa shape index (κ1) is 40.9. The summed E-state index contributed by atoms with van der Waals surface area (Å²) in [6.07, 6.45) is -3.90. The molecule has 1 aliphatic carbocycles. The molecule has 3 aliphatic rings. The van der Waals surface area contributed by atoms with Crippen LogP contribution in [0.25, 0.3) is 6.08 Å². The van der Waals surface area contributed by atoms with Gasteiger partial charge in [-0.2, -0.15) is 13.2 Å². The van der Waals surface area contributed by atoms with Crippen molar-refractivity contribution in [3.63, 3.8) is 0 Å². The van der Waals surface area contributed by atoms with Crippen molar-refractivity contribution in [3.05, 3.63) is 73.0 Å². The molecular formula is C35H34Cl2F5N3O6S. The number of amides is 2. The highest BCUT2D eigenvalue weighted by molar-refractivity contribution is 8.14. The van der Waals surface area contributed by atoms with Gasteiger partial charge in [-0.25, -0.2) is 28.3 Å². The van der Waals surface area contributed by atoms with E-state index in [4.69, 9.17) is 27.9 Å². The molecule has 52 heavy (non-hydrogen) atoms. The highest BCUT2D eigenvalue weighted by Crippen LogP contribution is 2.41. The molecule has 0 bridgehead atoms. The van der Waals surface area contributed by atoms with Crippen LogP contribution in [0.1, 0.15) is 91.3 Å². The Morgan fingerprint density at radius 3 is 2.23 bits per heavy atom. The van der Waals surface area contributed by atoms with Crippen LogP contribution < -0.4 is 4.90 Å². The Hall–Kier alpha value is -3.82. The average Bonchev–Trinajstić information content (AvgIpc) is 3.71. The number of halogens is 7. The van der Waals surface area contributed by atoms with Gasteiger partial charge < -0.3 is 9.47 Å². The third kappa shape index (κ3) is 9.03. The van der Waals surface area contributed by atoms with Gasteiger partial charge in [-0.1, -0.05) is 37.0 Å². The number of ether oxygens (including phenoxy) is 2. The van der Waals surface area contributed by atoms with Gasteiger partial charge >= 0.3 is 18.1 Å². The summed E-state index contributed by atoms with van der Waals surface area (Å²) < 4.78 is 77.0. The van der Waals surface area contributed by atoms with E-state index in [0.717, 1.165) is 31.7 Å². The van der Waals surface area contributed by atoms with Crippen LogP contribution in [-0.2, 0) is 36.5 Å². The Morgan fingerprint density at radius 2 is 1.73 bits per heavy atom. The number of carbonyl (C=O) groups excluding carboxylic acids is 4. The van der Waals surface area contributed by atoms with Gasteiger partial charge in [0.2, 0.25) is 0 Å². The number of benzene rings is 1. The number of anilines is 1. The number of hydrogen-bond acceptors (Lipinski definition) is 9. The largest absolute Gasteiger partial charge is 0.465 e. The Labute approximate surface area is 310 Å². The molecule has 1 aromatic carbocycles. The Balaban J connectivity index is 0.000000233. The first-order valence-electron chi connectivity index (χ1n) is 16.1. The van der Waals surface area contributed by atoms with Crippen LogP contribution in [0.4, 0.5) is 27.6 Å². The third-order valence-corrected chi connectivity index (χ3v) is 9.59. The molecule has 0 saturated heterocycles. The lowest BCUT2D eigenvalue weighted by molar-refractivity contribution is -0.141. The van der Waals surface area contributed by atoms with Gasteiger partial charge in [-0.3, -0.25) is 14.6 Å². The van der Waals surface area contributed by atoms with Gasteiger partial charge in [0.1, 0.15) is 15.8 Å². The van der Waals surface area contributed by atoms with Crippen molar-refractivity contribution in [1.29, 1.82) is 0 Å². The molecule has 9 nitrogen and oxygen atoms in total. The molecule has 2 amide bonds. The summed E-state index contributed by atoms with van der Waals surface area (Å²) in [5.41, 5.74) is -1.75. The molecule has 5 rings (SSSR count). The number of rotatable bonds is 9. The number of carbonyl (C=O) groups is 4. The zero-order valence-electron chi connectivity index (χ0n) is 28.5. The fourth-order valence-electron chi connectivity index (χ4n) is 5.83. The monoisotopic (exact) mass is 789 g/mol. The van der Waals surface area contributed by atoms with Gasteiger partial charge in [-0.05, 0) is 80.3 Å². The summed E-state index contributed by atoms with van der Waals surface area (Å²) in [4.78, 5) is 57.5. The summed E-state index contributed by atoms with van der Waals surface area (Å²) in [6.45, 7) is 5.61. The topological polar surface area (TPSA) is 115 Å². The first-order chi connectivity index (χ1) is 24.5. The summed E-state index contributed by atoms with van der Waals surface area (Å²) in [6, 6.07) is 4.74. The minimum absolute atomic E-state index is 0.0231. The molecule has 2 aromatic rings. The molecule has 0 atom stereocenters. The fourth-order valence-corrected chi connectivity index (χ4v) is 7.09. The van der Waals surface area contributed by atoms with Crippen molar-refractivity contribution < 1.29 is 50.6 Å². The fraction of sp³-hybridized carbons (Fsp3) is 0.429. The molecule has 0 spiro atoms. The van der Waals surface area contributed by atoms with E-state index >= 15 is 0 Å². The van der Waals surface area contributed by atoms with Crippen molar-refractivity contribution in [2.75, 3.05) is 30.9 Å². The van der Waals surface area contributed by atoms with Crippen LogP contribution in [0.2, 0.25) is 5.02 Å². The van der Waals surface area contributed by atoms with E-state index in [-0.39, 0.29) is 46.4 Å².